The molecular weight excluding hydrogens is 116 g/mol. The molecule has 0 aromatic carbocycles. The number of rotatable bonds is 4. The lowest BCUT2D eigenvalue weighted by Gasteiger charge is -1.90. The number of hydrogen-bond donors (Lipinski definition) is 1. The molecular formula is C7H16O2. The predicted molar refractivity (Wildman–Crippen MR) is 38.3 cm³/mol. The first-order valence-corrected chi connectivity index (χ1v) is 3.31. The Labute approximate surface area is 56.9 Å². The normalized spacial score (nSPS) is 7.78. The molecule has 2 nitrogen and oxygen atoms in total. The van der Waals surface area contributed by atoms with Crippen LogP contribution in [0, 0.1) is 0 Å². The van der Waals surface area contributed by atoms with Gasteiger partial charge in [-0.3, -0.25) is 0 Å². The van der Waals surface area contributed by atoms with Crippen LogP contribution in [-0.2, 0) is 4.79 Å². The van der Waals surface area contributed by atoms with Crippen molar-refractivity contribution >= 4 is 6.79 Å². The van der Waals surface area contributed by atoms with Gasteiger partial charge in [0.1, 0.15) is 6.79 Å². The van der Waals surface area contributed by atoms with Crippen LogP contribution in [0.1, 0.15) is 32.6 Å². The van der Waals surface area contributed by atoms with E-state index in [1.807, 2.05) is 6.79 Å². The van der Waals surface area contributed by atoms with Gasteiger partial charge in [-0.15, -0.1) is 0 Å². The van der Waals surface area contributed by atoms with E-state index in [1.54, 1.807) is 0 Å². The number of aliphatic hydroxyl groups excluding tert-OH is 1. The summed E-state index contributed by atoms with van der Waals surface area (Å²) in [5, 5.41) is 8.29. The van der Waals surface area contributed by atoms with Crippen molar-refractivity contribution in [2.75, 3.05) is 6.61 Å². The third-order valence-corrected chi connectivity index (χ3v) is 1.01. The largest absolute Gasteiger partial charge is 0.396 e. The minimum Gasteiger partial charge on any atom is -0.396 e. The lowest BCUT2D eigenvalue weighted by Crippen LogP contribution is -1.80. The minimum absolute atomic E-state index is 0.361. The van der Waals surface area contributed by atoms with Gasteiger partial charge < -0.3 is 9.90 Å². The Kier molecular flexibility index (Phi) is 19.9. The SMILES string of the molecule is C=O.CCCCCCO. The fraction of sp³-hybridized carbons (Fsp3) is 0.857. The van der Waals surface area contributed by atoms with Crippen LogP contribution in [0.25, 0.3) is 0 Å². The van der Waals surface area contributed by atoms with E-state index in [1.165, 1.54) is 19.3 Å². The molecule has 0 fully saturated rings. The highest BCUT2D eigenvalue weighted by atomic mass is 16.2. The van der Waals surface area contributed by atoms with E-state index in [4.69, 9.17) is 9.90 Å². The summed E-state index contributed by atoms with van der Waals surface area (Å²) in [5.41, 5.74) is 0. The molecule has 0 saturated carbocycles. The van der Waals surface area contributed by atoms with Crippen LogP contribution in [-0.4, -0.2) is 18.5 Å². The summed E-state index contributed by atoms with van der Waals surface area (Å²) < 4.78 is 0. The van der Waals surface area contributed by atoms with E-state index in [9.17, 15) is 0 Å². The molecule has 0 spiro atoms. The van der Waals surface area contributed by atoms with Gasteiger partial charge in [-0.2, -0.15) is 0 Å². The first kappa shape index (κ1) is 11.4. The van der Waals surface area contributed by atoms with Crippen molar-refractivity contribution < 1.29 is 9.90 Å². The van der Waals surface area contributed by atoms with Crippen molar-refractivity contribution in [3.8, 4) is 0 Å². The molecule has 0 aromatic rings. The molecule has 0 amide bonds. The number of hydrogen-bond acceptors (Lipinski definition) is 2. The summed E-state index contributed by atoms with van der Waals surface area (Å²) in [5.74, 6) is 0. The van der Waals surface area contributed by atoms with Crippen LogP contribution in [0.3, 0.4) is 0 Å². The van der Waals surface area contributed by atoms with Crippen LogP contribution in [0.2, 0.25) is 0 Å². The second-order valence-electron chi connectivity index (χ2n) is 1.78. The summed E-state index contributed by atoms with van der Waals surface area (Å²) >= 11 is 0. The maximum atomic E-state index is 8.29. The van der Waals surface area contributed by atoms with Crippen LogP contribution in [0.15, 0.2) is 0 Å². The van der Waals surface area contributed by atoms with Crippen LogP contribution < -0.4 is 0 Å². The maximum absolute atomic E-state index is 8.29. The average molecular weight is 132 g/mol. The highest BCUT2D eigenvalue weighted by Gasteiger charge is 1.80. The Morgan fingerprint density at radius 2 is 1.78 bits per heavy atom. The Morgan fingerprint density at radius 3 is 2.11 bits per heavy atom. The molecule has 0 aliphatic carbocycles. The van der Waals surface area contributed by atoms with Gasteiger partial charge in [-0.25, -0.2) is 0 Å². The Bertz CT molecular complexity index is 33.9. The summed E-state index contributed by atoms with van der Waals surface area (Å²) in [6.07, 6.45) is 4.68. The first-order valence-electron chi connectivity index (χ1n) is 3.31. The first-order chi connectivity index (χ1) is 4.41. The van der Waals surface area contributed by atoms with Crippen LogP contribution in [0.5, 0.6) is 0 Å². The molecule has 0 atom stereocenters. The number of carbonyl (C=O) groups is 1. The zero-order valence-corrected chi connectivity index (χ0v) is 6.10. The molecule has 0 heterocycles. The Balaban J connectivity index is 0. The third-order valence-electron chi connectivity index (χ3n) is 1.01. The molecule has 0 radical (unpaired) electrons. The van der Waals surface area contributed by atoms with E-state index >= 15 is 0 Å². The molecule has 9 heavy (non-hydrogen) atoms. The topological polar surface area (TPSA) is 37.3 Å². The van der Waals surface area contributed by atoms with Crippen molar-refractivity contribution in [1.82, 2.24) is 0 Å². The summed E-state index contributed by atoms with van der Waals surface area (Å²) in [6.45, 7) is 4.53. The maximum Gasteiger partial charge on any atom is 0.106 e. The highest BCUT2D eigenvalue weighted by molar-refractivity contribution is 5.10. The fourth-order valence-electron chi connectivity index (χ4n) is 0.539. The molecule has 0 saturated heterocycles. The average Bonchev–Trinajstić information content (AvgIpc) is 1.94. The van der Waals surface area contributed by atoms with Crippen molar-refractivity contribution in [3.05, 3.63) is 0 Å². The summed E-state index contributed by atoms with van der Waals surface area (Å²) in [7, 11) is 0. The number of unbranched alkanes of at least 4 members (excludes halogenated alkanes) is 3. The van der Waals surface area contributed by atoms with Gasteiger partial charge in [0.05, 0.1) is 0 Å². The van der Waals surface area contributed by atoms with Gasteiger partial charge in [-0.05, 0) is 6.42 Å². The second-order valence-corrected chi connectivity index (χ2v) is 1.78. The van der Waals surface area contributed by atoms with E-state index in [0.717, 1.165) is 6.42 Å². The summed E-state index contributed by atoms with van der Waals surface area (Å²) in [6, 6.07) is 0. The molecule has 1 N–H and O–H groups in total. The van der Waals surface area contributed by atoms with E-state index in [2.05, 4.69) is 6.92 Å². The Hall–Kier alpha value is -0.370. The molecule has 0 rings (SSSR count). The van der Waals surface area contributed by atoms with Crippen LogP contribution in [0.4, 0.5) is 0 Å². The van der Waals surface area contributed by atoms with E-state index in [-0.39, 0.29) is 0 Å². The molecule has 0 aliphatic heterocycles. The molecule has 0 bridgehead atoms. The van der Waals surface area contributed by atoms with Gasteiger partial charge in [-0.1, -0.05) is 26.2 Å². The molecule has 0 aliphatic rings. The zero-order valence-electron chi connectivity index (χ0n) is 6.10. The standard InChI is InChI=1S/C6H14O.CH2O/c1-2-3-4-5-6-7;1-2/h7H,2-6H2,1H3;1H2. The molecule has 2 heteroatoms. The van der Waals surface area contributed by atoms with E-state index < -0.39 is 0 Å². The molecule has 0 aromatic heterocycles. The third kappa shape index (κ3) is 18.4. The quantitative estimate of drug-likeness (QED) is 0.587. The van der Waals surface area contributed by atoms with Gasteiger partial charge in [0, 0.05) is 6.61 Å². The van der Waals surface area contributed by atoms with Gasteiger partial charge >= 0.3 is 0 Å². The van der Waals surface area contributed by atoms with E-state index in [0.29, 0.717) is 6.61 Å². The van der Waals surface area contributed by atoms with Gasteiger partial charge in [0.15, 0.2) is 0 Å². The van der Waals surface area contributed by atoms with Gasteiger partial charge in [0.25, 0.3) is 0 Å². The lowest BCUT2D eigenvalue weighted by molar-refractivity contribution is -0.0979. The zero-order chi connectivity index (χ0) is 7.54. The monoisotopic (exact) mass is 132 g/mol. The fourth-order valence-corrected chi connectivity index (χ4v) is 0.539. The van der Waals surface area contributed by atoms with Crippen molar-refractivity contribution in [1.29, 1.82) is 0 Å². The molecule has 56 valence electrons. The Morgan fingerprint density at radius 1 is 1.22 bits per heavy atom. The number of carbonyl (C=O) groups excluding carboxylic acids is 1. The lowest BCUT2D eigenvalue weighted by atomic mass is 10.2. The molecule has 0 unspecified atom stereocenters. The van der Waals surface area contributed by atoms with Crippen molar-refractivity contribution in [2.24, 2.45) is 0 Å². The highest BCUT2D eigenvalue weighted by Crippen LogP contribution is 1.95. The van der Waals surface area contributed by atoms with Crippen molar-refractivity contribution in [3.63, 3.8) is 0 Å². The minimum atomic E-state index is 0.361. The second kappa shape index (κ2) is 15.6. The van der Waals surface area contributed by atoms with Crippen molar-refractivity contribution in [2.45, 2.75) is 32.6 Å². The smallest absolute Gasteiger partial charge is 0.106 e. The number of aliphatic hydroxyl groups is 1. The van der Waals surface area contributed by atoms with Crippen LogP contribution >= 0.6 is 0 Å². The summed E-state index contributed by atoms with van der Waals surface area (Å²) in [4.78, 5) is 8.00. The predicted octanol–water partition coefficient (Wildman–Crippen LogP) is 1.37. The van der Waals surface area contributed by atoms with Gasteiger partial charge in [0.2, 0.25) is 0 Å².